The number of aromatic nitrogens is 4. The number of thioether (sulfide) groups is 1. The molecule has 0 N–H and O–H groups in total. The molecule has 0 unspecified atom stereocenters. The summed E-state index contributed by atoms with van der Waals surface area (Å²) >= 11 is 3.09. The maximum Gasteiger partial charge on any atom is 0.262 e. The van der Waals surface area contributed by atoms with E-state index in [2.05, 4.69) is 4.98 Å². The normalized spacial score (nSPS) is 11.5. The van der Waals surface area contributed by atoms with Crippen molar-refractivity contribution in [1.29, 1.82) is 0 Å². The fourth-order valence-electron chi connectivity index (χ4n) is 3.12. The van der Waals surface area contributed by atoms with Gasteiger partial charge in [0.15, 0.2) is 5.16 Å². The van der Waals surface area contributed by atoms with E-state index in [-0.39, 0.29) is 5.56 Å². The van der Waals surface area contributed by atoms with E-state index >= 15 is 0 Å². The van der Waals surface area contributed by atoms with Crippen molar-refractivity contribution in [2.24, 2.45) is 7.05 Å². The molecule has 4 heterocycles. The van der Waals surface area contributed by atoms with E-state index in [0.29, 0.717) is 16.3 Å². The third-order valence-electron chi connectivity index (χ3n) is 4.55. The SMILES string of the molecule is Cn1c(SCc2cn3ccccc3n2)nc2sc(-c3ccccc3)cc2c1=O. The van der Waals surface area contributed by atoms with Crippen LogP contribution in [0.3, 0.4) is 0 Å². The van der Waals surface area contributed by atoms with Crippen molar-refractivity contribution in [2.45, 2.75) is 10.9 Å². The first-order chi connectivity index (χ1) is 13.7. The van der Waals surface area contributed by atoms with Crippen LogP contribution in [-0.4, -0.2) is 18.9 Å². The lowest BCUT2D eigenvalue weighted by molar-refractivity contribution is 0.728. The zero-order valence-corrected chi connectivity index (χ0v) is 16.7. The smallest absolute Gasteiger partial charge is 0.262 e. The highest BCUT2D eigenvalue weighted by Gasteiger charge is 2.14. The van der Waals surface area contributed by atoms with Gasteiger partial charge in [0.25, 0.3) is 5.56 Å². The van der Waals surface area contributed by atoms with E-state index in [4.69, 9.17) is 4.98 Å². The molecule has 28 heavy (non-hydrogen) atoms. The number of hydrogen-bond acceptors (Lipinski definition) is 5. The molecule has 0 aliphatic carbocycles. The van der Waals surface area contributed by atoms with Crippen molar-refractivity contribution in [2.75, 3.05) is 0 Å². The molecule has 7 heteroatoms. The van der Waals surface area contributed by atoms with Gasteiger partial charge in [-0.25, -0.2) is 9.97 Å². The molecule has 138 valence electrons. The Balaban J connectivity index is 1.49. The molecular formula is C21H16N4OS2. The second-order valence-corrected chi connectivity index (χ2v) is 8.41. The summed E-state index contributed by atoms with van der Waals surface area (Å²) in [4.78, 5) is 24.1. The van der Waals surface area contributed by atoms with E-state index in [0.717, 1.165) is 26.6 Å². The van der Waals surface area contributed by atoms with Crippen LogP contribution in [0.15, 0.2) is 76.9 Å². The number of thiophene rings is 1. The standard InChI is InChI=1S/C21H16N4OS2/c1-24-20(26)16-11-17(14-7-3-2-4-8-14)28-19(16)23-21(24)27-13-15-12-25-10-6-5-9-18(25)22-15/h2-12H,13H2,1H3. The molecule has 0 aliphatic heterocycles. The average molecular weight is 405 g/mol. The van der Waals surface area contributed by atoms with Gasteiger partial charge in [-0.15, -0.1) is 11.3 Å². The van der Waals surface area contributed by atoms with Gasteiger partial charge < -0.3 is 4.40 Å². The topological polar surface area (TPSA) is 52.2 Å². The molecule has 0 atom stereocenters. The highest BCUT2D eigenvalue weighted by Crippen LogP contribution is 2.32. The molecule has 0 amide bonds. The number of nitrogens with zero attached hydrogens (tertiary/aromatic N) is 4. The Morgan fingerprint density at radius 3 is 2.71 bits per heavy atom. The summed E-state index contributed by atoms with van der Waals surface area (Å²) in [6.45, 7) is 0. The summed E-state index contributed by atoms with van der Waals surface area (Å²) in [5.74, 6) is 0.657. The second-order valence-electron chi connectivity index (χ2n) is 6.44. The molecule has 4 aromatic heterocycles. The van der Waals surface area contributed by atoms with Crippen LogP contribution in [-0.2, 0) is 12.8 Å². The number of imidazole rings is 1. The maximum atomic E-state index is 12.8. The Morgan fingerprint density at radius 2 is 1.89 bits per heavy atom. The summed E-state index contributed by atoms with van der Waals surface area (Å²) in [5, 5.41) is 1.37. The number of fused-ring (bicyclic) bond motifs is 2. The predicted octanol–water partition coefficient (Wildman–Crippen LogP) is 4.60. The first-order valence-electron chi connectivity index (χ1n) is 8.80. The van der Waals surface area contributed by atoms with Crippen molar-refractivity contribution in [3.05, 3.63) is 83.0 Å². The van der Waals surface area contributed by atoms with Gasteiger partial charge in [0.05, 0.1) is 11.1 Å². The number of pyridine rings is 1. The van der Waals surface area contributed by atoms with Crippen LogP contribution < -0.4 is 5.56 Å². The fourth-order valence-corrected chi connectivity index (χ4v) is 5.05. The Morgan fingerprint density at radius 1 is 1.07 bits per heavy atom. The molecule has 0 saturated carbocycles. The highest BCUT2D eigenvalue weighted by molar-refractivity contribution is 7.98. The van der Waals surface area contributed by atoms with Crippen molar-refractivity contribution in [3.8, 4) is 10.4 Å². The van der Waals surface area contributed by atoms with Crippen LogP contribution in [0.1, 0.15) is 5.69 Å². The fraction of sp³-hybridized carbons (Fsp3) is 0.0952. The van der Waals surface area contributed by atoms with Crippen LogP contribution in [0.2, 0.25) is 0 Å². The first kappa shape index (κ1) is 17.2. The molecule has 1 aromatic carbocycles. The van der Waals surface area contributed by atoms with Crippen molar-refractivity contribution in [3.63, 3.8) is 0 Å². The minimum atomic E-state index is -0.0130. The van der Waals surface area contributed by atoms with Crippen LogP contribution in [0.5, 0.6) is 0 Å². The van der Waals surface area contributed by atoms with E-state index in [1.807, 2.05) is 71.4 Å². The van der Waals surface area contributed by atoms with Crippen molar-refractivity contribution < 1.29 is 0 Å². The van der Waals surface area contributed by atoms with Gasteiger partial charge in [-0.1, -0.05) is 48.2 Å². The third kappa shape index (κ3) is 3.02. The molecule has 5 rings (SSSR count). The number of benzene rings is 1. The second kappa shape index (κ2) is 6.92. The van der Waals surface area contributed by atoms with E-state index < -0.39 is 0 Å². The van der Waals surface area contributed by atoms with Crippen LogP contribution in [0.4, 0.5) is 0 Å². The first-order valence-corrected chi connectivity index (χ1v) is 10.6. The number of hydrogen-bond donors (Lipinski definition) is 0. The van der Waals surface area contributed by atoms with E-state index in [1.54, 1.807) is 23.0 Å². The Labute approximate surface area is 169 Å². The molecule has 0 saturated heterocycles. The summed E-state index contributed by atoms with van der Waals surface area (Å²) in [7, 11) is 1.78. The van der Waals surface area contributed by atoms with Crippen LogP contribution >= 0.6 is 23.1 Å². The summed E-state index contributed by atoms with van der Waals surface area (Å²) in [6.07, 6.45) is 3.99. The van der Waals surface area contributed by atoms with Gasteiger partial charge in [0, 0.05) is 30.1 Å². The molecular weight excluding hydrogens is 388 g/mol. The van der Waals surface area contributed by atoms with E-state index in [9.17, 15) is 4.79 Å². The minimum absolute atomic E-state index is 0.0130. The summed E-state index contributed by atoms with van der Waals surface area (Å²) in [5.41, 5.74) is 2.97. The largest absolute Gasteiger partial charge is 0.307 e. The lowest BCUT2D eigenvalue weighted by Gasteiger charge is -2.05. The Bertz CT molecular complexity index is 1320. The Kier molecular flexibility index (Phi) is 4.26. The van der Waals surface area contributed by atoms with Gasteiger partial charge in [0.2, 0.25) is 0 Å². The molecule has 0 aliphatic rings. The number of rotatable bonds is 4. The zero-order valence-electron chi connectivity index (χ0n) is 15.1. The molecule has 0 bridgehead atoms. The zero-order chi connectivity index (χ0) is 19.1. The van der Waals surface area contributed by atoms with Gasteiger partial charge in [0.1, 0.15) is 10.5 Å². The monoisotopic (exact) mass is 404 g/mol. The molecule has 0 radical (unpaired) electrons. The van der Waals surface area contributed by atoms with Gasteiger partial charge in [-0.3, -0.25) is 9.36 Å². The summed E-state index contributed by atoms with van der Waals surface area (Å²) in [6, 6.07) is 18.0. The van der Waals surface area contributed by atoms with Gasteiger partial charge >= 0.3 is 0 Å². The summed E-state index contributed by atoms with van der Waals surface area (Å²) < 4.78 is 3.63. The highest BCUT2D eigenvalue weighted by atomic mass is 32.2. The van der Waals surface area contributed by atoms with Gasteiger partial charge in [-0.2, -0.15) is 0 Å². The third-order valence-corrected chi connectivity index (χ3v) is 6.69. The lowest BCUT2D eigenvalue weighted by atomic mass is 10.2. The Hall–Kier alpha value is -2.90. The van der Waals surface area contributed by atoms with Crippen LogP contribution in [0, 0.1) is 0 Å². The predicted molar refractivity (Wildman–Crippen MR) is 115 cm³/mol. The minimum Gasteiger partial charge on any atom is -0.307 e. The maximum absolute atomic E-state index is 12.8. The van der Waals surface area contributed by atoms with Gasteiger partial charge in [-0.05, 0) is 23.8 Å². The molecule has 0 spiro atoms. The molecule has 0 fully saturated rings. The molecule has 5 aromatic rings. The van der Waals surface area contributed by atoms with Crippen molar-refractivity contribution in [1.82, 2.24) is 18.9 Å². The average Bonchev–Trinajstić information content (AvgIpc) is 3.34. The quantitative estimate of drug-likeness (QED) is 0.324. The van der Waals surface area contributed by atoms with Crippen LogP contribution in [0.25, 0.3) is 26.3 Å². The van der Waals surface area contributed by atoms with Crippen molar-refractivity contribution >= 4 is 39.0 Å². The lowest BCUT2D eigenvalue weighted by Crippen LogP contribution is -2.19. The molecule has 5 nitrogen and oxygen atoms in total. The van der Waals surface area contributed by atoms with E-state index in [1.165, 1.54) is 11.8 Å².